The van der Waals surface area contributed by atoms with Gasteiger partial charge >= 0.3 is 0 Å². The molecular formula is C32H32N2. The lowest BCUT2D eigenvalue weighted by Gasteiger charge is -2.40. The summed E-state index contributed by atoms with van der Waals surface area (Å²) in [4.78, 5) is 4.51. The minimum Gasteiger partial charge on any atom is -0.305 e. The van der Waals surface area contributed by atoms with Gasteiger partial charge in [0.2, 0.25) is 0 Å². The molecule has 4 aromatic carbocycles. The second-order valence-electron chi connectivity index (χ2n) is 10.5. The number of benzene rings is 4. The lowest BCUT2D eigenvalue weighted by molar-refractivity contribution is 0.402. The molecule has 0 N–H and O–H groups in total. The van der Waals surface area contributed by atoms with E-state index in [4.69, 9.17) is 0 Å². The quantitative estimate of drug-likeness (QED) is 0.325. The van der Waals surface area contributed by atoms with E-state index in [0.717, 1.165) is 19.5 Å². The third kappa shape index (κ3) is 3.10. The van der Waals surface area contributed by atoms with Crippen LogP contribution in [0.3, 0.4) is 0 Å². The van der Waals surface area contributed by atoms with Crippen molar-refractivity contribution in [1.29, 1.82) is 0 Å². The van der Waals surface area contributed by atoms with Crippen LogP contribution in [0, 0.1) is 0 Å². The van der Waals surface area contributed by atoms with Gasteiger partial charge in [-0.2, -0.15) is 0 Å². The predicted octanol–water partition coefficient (Wildman–Crippen LogP) is 6.08. The summed E-state index contributed by atoms with van der Waals surface area (Å²) in [6.45, 7) is 1.90. The van der Waals surface area contributed by atoms with Crippen LogP contribution in [0.1, 0.15) is 44.5 Å². The van der Waals surface area contributed by atoms with Gasteiger partial charge in [-0.15, -0.1) is 0 Å². The average Bonchev–Trinajstić information content (AvgIpc) is 3.09. The van der Waals surface area contributed by atoms with E-state index < -0.39 is 0 Å². The van der Waals surface area contributed by atoms with E-state index in [9.17, 15) is 0 Å². The molecule has 1 unspecified atom stereocenters. The summed E-state index contributed by atoms with van der Waals surface area (Å²) in [5.74, 6) is 0. The van der Waals surface area contributed by atoms with Gasteiger partial charge in [-0.3, -0.25) is 0 Å². The van der Waals surface area contributed by atoms with Gasteiger partial charge < -0.3 is 9.80 Å². The van der Waals surface area contributed by atoms with Crippen molar-refractivity contribution in [2.24, 2.45) is 0 Å². The maximum atomic E-state index is 2.48. The van der Waals surface area contributed by atoms with Crippen molar-refractivity contribution in [3.63, 3.8) is 0 Å². The molecule has 2 nitrogen and oxygen atoms in total. The van der Waals surface area contributed by atoms with Gasteiger partial charge in [0.05, 0.1) is 5.41 Å². The third-order valence-electron chi connectivity index (χ3n) is 7.48. The molecular weight excluding hydrogens is 412 g/mol. The monoisotopic (exact) mass is 444 g/mol. The normalized spacial score (nSPS) is 17.6. The Balaban J connectivity index is 1.70. The smallest absolute Gasteiger partial charge is 0.0719 e. The Bertz CT molecular complexity index is 1400. The molecule has 2 aliphatic carbocycles. The predicted molar refractivity (Wildman–Crippen MR) is 141 cm³/mol. The van der Waals surface area contributed by atoms with Crippen molar-refractivity contribution in [1.82, 2.24) is 9.80 Å². The van der Waals surface area contributed by atoms with Crippen LogP contribution in [-0.4, -0.2) is 38.0 Å². The van der Waals surface area contributed by atoms with Crippen LogP contribution in [0.5, 0.6) is 0 Å². The lowest BCUT2D eigenvalue weighted by atomic mass is 9.61. The fourth-order valence-corrected chi connectivity index (χ4v) is 6.38. The number of rotatable bonds is 4. The molecule has 0 saturated carbocycles. The van der Waals surface area contributed by atoms with Crippen LogP contribution < -0.4 is 0 Å². The molecule has 34 heavy (non-hydrogen) atoms. The van der Waals surface area contributed by atoms with Crippen LogP contribution in [0.15, 0.2) is 84.9 Å². The first-order chi connectivity index (χ1) is 16.5. The first kappa shape index (κ1) is 21.3. The number of hydrogen-bond donors (Lipinski definition) is 0. The highest BCUT2D eigenvalue weighted by molar-refractivity contribution is 5.88. The van der Waals surface area contributed by atoms with Gasteiger partial charge in [0.15, 0.2) is 0 Å². The maximum absolute atomic E-state index is 2.48. The Morgan fingerprint density at radius 1 is 0.559 bits per heavy atom. The summed E-state index contributed by atoms with van der Waals surface area (Å²) >= 11 is 0. The first-order valence-electron chi connectivity index (χ1n) is 12.2. The summed E-state index contributed by atoms with van der Waals surface area (Å²) in [5.41, 5.74) is 13.9. The Morgan fingerprint density at radius 3 is 1.91 bits per heavy atom. The van der Waals surface area contributed by atoms with Crippen molar-refractivity contribution in [2.75, 3.05) is 28.2 Å². The molecule has 0 aliphatic heterocycles. The summed E-state index contributed by atoms with van der Waals surface area (Å²) < 4.78 is 0. The second-order valence-corrected chi connectivity index (χ2v) is 10.5. The third-order valence-corrected chi connectivity index (χ3v) is 7.48. The van der Waals surface area contributed by atoms with Crippen LogP contribution in [-0.2, 0) is 24.9 Å². The van der Waals surface area contributed by atoms with Crippen molar-refractivity contribution in [3.05, 3.63) is 129 Å². The second kappa shape index (κ2) is 7.94. The van der Waals surface area contributed by atoms with E-state index >= 15 is 0 Å². The minimum absolute atomic E-state index is 0.269. The number of hydrogen-bond acceptors (Lipinski definition) is 2. The molecule has 1 spiro atoms. The zero-order valence-corrected chi connectivity index (χ0v) is 20.6. The molecule has 0 aromatic heterocycles. The molecule has 2 heteroatoms. The molecule has 2 aliphatic rings. The van der Waals surface area contributed by atoms with Crippen LogP contribution in [0.4, 0.5) is 0 Å². The topological polar surface area (TPSA) is 6.48 Å². The van der Waals surface area contributed by atoms with Crippen molar-refractivity contribution >= 4 is 0 Å². The fourth-order valence-electron chi connectivity index (χ4n) is 6.38. The van der Waals surface area contributed by atoms with Gasteiger partial charge in [0.1, 0.15) is 0 Å². The maximum Gasteiger partial charge on any atom is 0.0719 e. The van der Waals surface area contributed by atoms with Crippen molar-refractivity contribution in [3.8, 4) is 11.1 Å². The van der Waals surface area contributed by atoms with E-state index in [1.54, 1.807) is 0 Å². The molecule has 0 amide bonds. The van der Waals surface area contributed by atoms with Crippen LogP contribution in [0.2, 0.25) is 0 Å². The molecule has 0 heterocycles. The highest BCUT2D eigenvalue weighted by atomic mass is 15.1. The van der Waals surface area contributed by atoms with Gasteiger partial charge in [-0.05, 0) is 90.2 Å². The van der Waals surface area contributed by atoms with E-state index in [-0.39, 0.29) is 5.41 Å². The van der Waals surface area contributed by atoms with E-state index in [1.807, 2.05) is 0 Å². The molecule has 4 aromatic rings. The van der Waals surface area contributed by atoms with Crippen LogP contribution >= 0.6 is 0 Å². The Labute approximate surface area is 203 Å². The van der Waals surface area contributed by atoms with Crippen LogP contribution in [0.25, 0.3) is 11.1 Å². The highest BCUT2D eigenvalue weighted by Crippen LogP contribution is 2.59. The average molecular weight is 445 g/mol. The molecule has 6 rings (SSSR count). The zero-order chi connectivity index (χ0) is 23.4. The fraction of sp³-hybridized carbons (Fsp3) is 0.250. The molecule has 1 atom stereocenters. The van der Waals surface area contributed by atoms with Gasteiger partial charge in [0.25, 0.3) is 0 Å². The summed E-state index contributed by atoms with van der Waals surface area (Å²) in [6, 6.07) is 32.6. The van der Waals surface area contributed by atoms with E-state index in [0.29, 0.717) is 0 Å². The summed E-state index contributed by atoms with van der Waals surface area (Å²) in [5, 5.41) is 0. The summed E-state index contributed by atoms with van der Waals surface area (Å²) in [6.07, 6.45) is 0.989. The molecule has 170 valence electrons. The SMILES string of the molecule is CN(C)Cc1ccc2c(c1)Cc1ccccc1C21c2ccccc2-c2ccc(CN(C)C)cc21. The Morgan fingerprint density at radius 2 is 1.15 bits per heavy atom. The van der Waals surface area contributed by atoms with E-state index in [2.05, 4.69) is 123 Å². The van der Waals surface area contributed by atoms with E-state index in [1.165, 1.54) is 55.6 Å². The Hall–Kier alpha value is -3.20. The first-order valence-corrected chi connectivity index (χ1v) is 12.2. The van der Waals surface area contributed by atoms with Gasteiger partial charge in [0, 0.05) is 13.1 Å². The lowest BCUT2D eigenvalue weighted by Crippen LogP contribution is -2.34. The summed E-state index contributed by atoms with van der Waals surface area (Å²) in [7, 11) is 8.59. The Kier molecular flexibility index (Phi) is 4.98. The van der Waals surface area contributed by atoms with Gasteiger partial charge in [-0.1, -0.05) is 84.9 Å². The van der Waals surface area contributed by atoms with Gasteiger partial charge in [-0.25, -0.2) is 0 Å². The molecule has 0 fully saturated rings. The van der Waals surface area contributed by atoms with Crippen molar-refractivity contribution in [2.45, 2.75) is 24.9 Å². The highest BCUT2D eigenvalue weighted by Gasteiger charge is 2.49. The number of nitrogens with zero attached hydrogens (tertiary/aromatic N) is 2. The molecule has 0 saturated heterocycles. The largest absolute Gasteiger partial charge is 0.305 e. The molecule has 0 bridgehead atoms. The standard InChI is InChI=1S/C32H32N2/c1-33(2)20-22-14-16-29-25(17-22)19-24-9-5-7-11-28(24)32(29)30-12-8-6-10-26(30)27-15-13-23(18-31(27)32)21-34(3)4/h5-18H,19-21H2,1-4H3. The number of fused-ring (bicyclic) bond motifs is 9. The zero-order valence-electron chi connectivity index (χ0n) is 20.6. The molecule has 0 radical (unpaired) electrons. The van der Waals surface area contributed by atoms with Crippen molar-refractivity contribution < 1.29 is 0 Å². The minimum atomic E-state index is -0.269.